The molecule has 1 N–H and O–H groups in total. The van der Waals surface area contributed by atoms with Gasteiger partial charge in [-0.25, -0.2) is 4.39 Å². The average Bonchev–Trinajstić information content (AvgIpc) is 2.60. The molecular weight excluding hydrogens is 480 g/mol. The summed E-state index contributed by atoms with van der Waals surface area (Å²) >= 11 is 2.00. The van der Waals surface area contributed by atoms with Gasteiger partial charge in [0.25, 0.3) is 0 Å². The molecule has 0 bridgehead atoms. The summed E-state index contributed by atoms with van der Waals surface area (Å²) in [6, 6.07) is 3.03. The molecule has 2 aliphatic rings. The third kappa shape index (κ3) is 6.12. The lowest BCUT2D eigenvalue weighted by Crippen LogP contribution is -2.51. The Morgan fingerprint density at radius 2 is 2.22 bits per heavy atom. The highest BCUT2D eigenvalue weighted by Crippen LogP contribution is 2.30. The number of nitrogens with one attached hydrogen (secondary N) is 1. The first-order chi connectivity index (χ1) is 12.5. The number of benzene rings is 1. The van der Waals surface area contributed by atoms with Crippen LogP contribution in [-0.4, -0.2) is 54.3 Å². The van der Waals surface area contributed by atoms with Crippen molar-refractivity contribution in [3.05, 3.63) is 29.1 Å². The quantitative estimate of drug-likeness (QED) is 0.382. The first-order valence-corrected chi connectivity index (χ1v) is 10.2. The number of nitrogens with zero attached hydrogens (tertiary/aromatic N) is 2. The zero-order chi connectivity index (χ0) is 18.6. The van der Waals surface area contributed by atoms with E-state index in [1.807, 2.05) is 11.8 Å². The molecule has 0 unspecified atom stereocenters. The Bertz CT molecular complexity index is 673. The molecule has 8 heteroatoms. The number of thioether (sulfide) groups is 1. The normalized spacial score (nSPS) is 19.0. The monoisotopic (exact) mass is 509 g/mol. The van der Waals surface area contributed by atoms with Gasteiger partial charge in [0.05, 0.1) is 6.61 Å². The maximum absolute atomic E-state index is 13.9. The van der Waals surface area contributed by atoms with Crippen molar-refractivity contribution in [3.63, 3.8) is 0 Å². The molecule has 2 aliphatic heterocycles. The lowest BCUT2D eigenvalue weighted by atomic mass is 10.1. The van der Waals surface area contributed by atoms with Crippen molar-refractivity contribution in [3.8, 4) is 5.75 Å². The van der Waals surface area contributed by atoms with Crippen LogP contribution in [0.25, 0.3) is 0 Å². The summed E-state index contributed by atoms with van der Waals surface area (Å²) < 4.78 is 24.9. The zero-order valence-corrected chi connectivity index (χ0v) is 19.4. The van der Waals surface area contributed by atoms with Crippen LogP contribution in [0.2, 0.25) is 0 Å². The Balaban J connectivity index is 0.00000261. The van der Waals surface area contributed by atoms with Crippen molar-refractivity contribution in [1.82, 2.24) is 10.2 Å². The number of fused-ring (bicyclic) bond motifs is 1. The van der Waals surface area contributed by atoms with Gasteiger partial charge in [0.15, 0.2) is 12.8 Å². The van der Waals surface area contributed by atoms with Crippen LogP contribution in [0.4, 0.5) is 4.39 Å². The van der Waals surface area contributed by atoms with Gasteiger partial charge >= 0.3 is 0 Å². The number of ether oxygens (including phenoxy) is 2. The number of hydrogen-bond acceptors (Lipinski definition) is 4. The van der Waals surface area contributed by atoms with Crippen LogP contribution in [0, 0.1) is 5.82 Å². The Labute approximate surface area is 182 Å². The van der Waals surface area contributed by atoms with Crippen LogP contribution in [0.3, 0.4) is 0 Å². The predicted octanol–water partition coefficient (Wildman–Crippen LogP) is 3.65. The Morgan fingerprint density at radius 3 is 2.96 bits per heavy atom. The summed E-state index contributed by atoms with van der Waals surface area (Å²) in [6.45, 7) is 10.6. The molecule has 0 aliphatic carbocycles. The minimum atomic E-state index is -0.251. The molecule has 0 radical (unpaired) electrons. The smallest absolute Gasteiger partial charge is 0.193 e. The molecule has 1 saturated heterocycles. The molecule has 0 aromatic heterocycles. The molecule has 0 spiro atoms. The van der Waals surface area contributed by atoms with E-state index in [0.29, 0.717) is 19.6 Å². The van der Waals surface area contributed by atoms with Gasteiger partial charge in [-0.05, 0) is 44.9 Å². The molecule has 1 fully saturated rings. The molecule has 0 atom stereocenters. The minimum Gasteiger partial charge on any atom is -0.467 e. The molecule has 5 nitrogen and oxygen atoms in total. The van der Waals surface area contributed by atoms with Gasteiger partial charge in [-0.1, -0.05) is 0 Å². The average molecular weight is 509 g/mol. The standard InChI is InChI=1S/C19H28FN3O2S.HI/c1-4-21-18(23-7-8-26-19(2,3)12-23)22-6-5-14-9-16(20)10-15-11-24-13-25-17(14)15;/h9-10H,4-8,11-13H2,1-3H3,(H,21,22);1H. The SMILES string of the molecule is CCNC(=NCCc1cc(F)cc2c1OCOC2)N1CCSC(C)(C)C1.I. The second-order valence-corrected chi connectivity index (χ2v) is 8.98. The van der Waals surface area contributed by atoms with Crippen molar-refractivity contribution in [2.75, 3.05) is 38.7 Å². The summed E-state index contributed by atoms with van der Waals surface area (Å²) in [6.07, 6.45) is 0.640. The van der Waals surface area contributed by atoms with Crippen LogP contribution in [0.5, 0.6) is 5.75 Å². The van der Waals surface area contributed by atoms with Crippen molar-refractivity contribution in [1.29, 1.82) is 0 Å². The molecule has 0 saturated carbocycles. The van der Waals surface area contributed by atoms with Crippen molar-refractivity contribution in [2.45, 2.75) is 38.5 Å². The van der Waals surface area contributed by atoms with Crippen LogP contribution in [0.15, 0.2) is 17.1 Å². The summed E-state index contributed by atoms with van der Waals surface area (Å²) in [5.41, 5.74) is 1.63. The fourth-order valence-electron chi connectivity index (χ4n) is 3.35. The first kappa shape index (κ1) is 22.5. The minimum absolute atomic E-state index is 0. The van der Waals surface area contributed by atoms with E-state index in [0.717, 1.165) is 48.2 Å². The lowest BCUT2D eigenvalue weighted by Gasteiger charge is -2.39. The fourth-order valence-corrected chi connectivity index (χ4v) is 4.46. The van der Waals surface area contributed by atoms with Gasteiger partial charge in [-0.2, -0.15) is 11.8 Å². The maximum atomic E-state index is 13.9. The molecule has 0 amide bonds. The van der Waals surface area contributed by atoms with Crippen LogP contribution < -0.4 is 10.1 Å². The van der Waals surface area contributed by atoms with Crippen molar-refractivity contribution in [2.24, 2.45) is 4.99 Å². The number of guanidine groups is 1. The van der Waals surface area contributed by atoms with Crippen molar-refractivity contribution >= 4 is 41.7 Å². The largest absolute Gasteiger partial charge is 0.467 e. The molecule has 3 rings (SSSR count). The summed E-state index contributed by atoms with van der Waals surface area (Å²) in [4.78, 5) is 7.11. The highest BCUT2D eigenvalue weighted by atomic mass is 127. The molecule has 152 valence electrons. The van der Waals surface area contributed by atoms with E-state index in [4.69, 9.17) is 14.5 Å². The summed E-state index contributed by atoms with van der Waals surface area (Å²) in [5.74, 6) is 2.55. The van der Waals surface area contributed by atoms with Gasteiger partial charge in [-0.15, -0.1) is 24.0 Å². The van der Waals surface area contributed by atoms with Crippen LogP contribution >= 0.6 is 35.7 Å². The first-order valence-electron chi connectivity index (χ1n) is 9.17. The van der Waals surface area contributed by atoms with Crippen LogP contribution in [0.1, 0.15) is 31.9 Å². The number of halogens is 2. The van der Waals surface area contributed by atoms with E-state index in [2.05, 4.69) is 31.0 Å². The topological polar surface area (TPSA) is 46.1 Å². The highest BCUT2D eigenvalue weighted by Gasteiger charge is 2.28. The van der Waals surface area contributed by atoms with E-state index in [1.54, 1.807) is 6.07 Å². The number of hydrogen-bond donors (Lipinski definition) is 1. The maximum Gasteiger partial charge on any atom is 0.193 e. The zero-order valence-electron chi connectivity index (χ0n) is 16.2. The van der Waals surface area contributed by atoms with Gasteiger partial charge in [0.2, 0.25) is 0 Å². The summed E-state index contributed by atoms with van der Waals surface area (Å²) in [7, 11) is 0. The highest BCUT2D eigenvalue weighted by molar-refractivity contribution is 14.0. The van der Waals surface area contributed by atoms with E-state index in [1.165, 1.54) is 6.07 Å². The second kappa shape index (κ2) is 10.2. The fraction of sp³-hybridized carbons (Fsp3) is 0.632. The molecular formula is C19H29FIN3O2S. The van der Waals surface area contributed by atoms with Gasteiger partial charge in [0, 0.05) is 42.2 Å². The van der Waals surface area contributed by atoms with E-state index < -0.39 is 0 Å². The number of rotatable bonds is 4. The molecule has 1 aromatic rings. The molecule has 1 aromatic carbocycles. The van der Waals surface area contributed by atoms with E-state index >= 15 is 0 Å². The Hall–Kier alpha value is -0.740. The van der Waals surface area contributed by atoms with Crippen LogP contribution in [-0.2, 0) is 17.8 Å². The third-order valence-electron chi connectivity index (χ3n) is 4.45. The Morgan fingerprint density at radius 1 is 1.41 bits per heavy atom. The third-order valence-corrected chi connectivity index (χ3v) is 5.75. The van der Waals surface area contributed by atoms with E-state index in [-0.39, 0.29) is 41.3 Å². The van der Waals surface area contributed by atoms with Gasteiger partial charge in [-0.3, -0.25) is 4.99 Å². The summed E-state index contributed by atoms with van der Waals surface area (Å²) in [5, 5.41) is 3.39. The Kier molecular flexibility index (Phi) is 8.48. The lowest BCUT2D eigenvalue weighted by molar-refractivity contribution is -0.0172. The second-order valence-electron chi connectivity index (χ2n) is 7.18. The molecule has 2 heterocycles. The number of aliphatic imine (C=N–C) groups is 1. The van der Waals surface area contributed by atoms with E-state index in [9.17, 15) is 4.39 Å². The molecule has 27 heavy (non-hydrogen) atoms. The van der Waals surface area contributed by atoms with Gasteiger partial charge < -0.3 is 19.7 Å². The van der Waals surface area contributed by atoms with Crippen molar-refractivity contribution < 1.29 is 13.9 Å². The predicted molar refractivity (Wildman–Crippen MR) is 120 cm³/mol. The van der Waals surface area contributed by atoms with Gasteiger partial charge in [0.1, 0.15) is 11.6 Å².